The molecular weight excluding hydrogens is 407 g/mol. The summed E-state index contributed by atoms with van der Waals surface area (Å²) >= 11 is -2.21. The molecule has 7 heteroatoms. The number of benzene rings is 3. The van der Waals surface area contributed by atoms with Gasteiger partial charge in [-0.05, 0) is 35.4 Å². The van der Waals surface area contributed by atoms with Crippen LogP contribution in [-0.4, -0.2) is 20.2 Å². The Kier molecular flexibility index (Phi) is 5.48. The predicted molar refractivity (Wildman–Crippen MR) is 110 cm³/mol. The van der Waals surface area contributed by atoms with E-state index < -0.39 is 22.8 Å². The predicted octanol–water partition coefficient (Wildman–Crippen LogP) is 4.15. The number of hydrogen-bond donors (Lipinski definition) is 1. The molecule has 5 nitrogen and oxygen atoms in total. The third kappa shape index (κ3) is 3.77. The van der Waals surface area contributed by atoms with Gasteiger partial charge in [-0.25, -0.2) is 4.39 Å². The third-order valence-electron chi connectivity index (χ3n) is 4.91. The number of rotatable bonds is 5. The fourth-order valence-corrected chi connectivity index (χ4v) is 4.03. The topological polar surface area (TPSA) is 86.7 Å². The van der Waals surface area contributed by atoms with Gasteiger partial charge in [0.1, 0.15) is 29.4 Å². The highest BCUT2D eigenvalue weighted by Crippen LogP contribution is 2.48. The average molecular weight is 423 g/mol. The first kappa shape index (κ1) is 20.0. The minimum Gasteiger partial charge on any atom is -0.772 e. The standard InChI is InChI=1S/C23H17FO5S/c24-17-10-8-15(9-11-17)21-18(12-25)22-19(26)2-1-3-20(22)29-23(21)16-6-4-14(5-7-16)13-30(27)28/h1-12,18,26H,13H2,(H,27,28)/p-1. The molecule has 1 heterocycles. The molecule has 2 atom stereocenters. The summed E-state index contributed by atoms with van der Waals surface area (Å²) in [5, 5.41) is 10.4. The SMILES string of the molecule is O=CC1C(c2ccc(F)cc2)=C(c2ccc(CS(=O)[O-])cc2)Oc2cccc(O)c21. The normalized spacial score (nSPS) is 16.5. The van der Waals surface area contributed by atoms with E-state index in [9.17, 15) is 23.1 Å². The molecule has 0 radical (unpaired) electrons. The van der Waals surface area contributed by atoms with Crippen LogP contribution in [0.1, 0.15) is 28.2 Å². The van der Waals surface area contributed by atoms with E-state index in [-0.39, 0.29) is 11.5 Å². The lowest BCUT2D eigenvalue weighted by molar-refractivity contribution is -0.108. The Morgan fingerprint density at radius 2 is 1.70 bits per heavy atom. The largest absolute Gasteiger partial charge is 0.772 e. The van der Waals surface area contributed by atoms with Crippen molar-refractivity contribution in [3.63, 3.8) is 0 Å². The zero-order valence-electron chi connectivity index (χ0n) is 15.6. The fourth-order valence-electron chi connectivity index (χ4n) is 3.56. The number of halogens is 1. The van der Waals surface area contributed by atoms with Crippen molar-refractivity contribution in [3.05, 3.63) is 94.8 Å². The lowest BCUT2D eigenvalue weighted by atomic mass is 9.83. The summed E-state index contributed by atoms with van der Waals surface area (Å²) in [6.07, 6.45) is 0.717. The number of phenolic OH excluding ortho intramolecular Hbond substituents is 1. The van der Waals surface area contributed by atoms with Crippen molar-refractivity contribution in [2.24, 2.45) is 0 Å². The Balaban J connectivity index is 1.91. The summed E-state index contributed by atoms with van der Waals surface area (Å²) in [5.41, 5.74) is 2.63. The first-order valence-electron chi connectivity index (χ1n) is 9.08. The van der Waals surface area contributed by atoms with Crippen molar-refractivity contribution in [2.75, 3.05) is 0 Å². The number of aldehydes is 1. The molecule has 1 aliphatic rings. The van der Waals surface area contributed by atoms with Crippen LogP contribution in [-0.2, 0) is 21.6 Å². The maximum absolute atomic E-state index is 13.5. The molecule has 0 saturated carbocycles. The second-order valence-electron chi connectivity index (χ2n) is 6.80. The molecule has 0 aliphatic carbocycles. The second kappa shape index (κ2) is 8.22. The lowest BCUT2D eigenvalue weighted by Gasteiger charge is -2.29. The van der Waals surface area contributed by atoms with Gasteiger partial charge in [-0.15, -0.1) is 0 Å². The van der Waals surface area contributed by atoms with Crippen LogP contribution in [0.2, 0.25) is 0 Å². The number of carbonyl (C=O) groups is 1. The van der Waals surface area contributed by atoms with Crippen LogP contribution < -0.4 is 4.74 Å². The lowest BCUT2D eigenvalue weighted by Crippen LogP contribution is -2.16. The molecule has 3 aromatic rings. The minimum absolute atomic E-state index is 0.0727. The maximum atomic E-state index is 13.5. The number of aromatic hydroxyl groups is 1. The number of carbonyl (C=O) groups excluding carboxylic acids is 1. The molecule has 30 heavy (non-hydrogen) atoms. The molecule has 1 aliphatic heterocycles. The highest BCUT2D eigenvalue weighted by Gasteiger charge is 2.33. The Hall–Kier alpha value is -3.29. The maximum Gasteiger partial charge on any atom is 0.139 e. The van der Waals surface area contributed by atoms with E-state index in [4.69, 9.17) is 4.74 Å². The van der Waals surface area contributed by atoms with Gasteiger partial charge < -0.3 is 19.2 Å². The quantitative estimate of drug-likeness (QED) is 0.492. The van der Waals surface area contributed by atoms with E-state index in [1.165, 1.54) is 18.2 Å². The average Bonchev–Trinajstić information content (AvgIpc) is 2.73. The monoisotopic (exact) mass is 423 g/mol. The van der Waals surface area contributed by atoms with E-state index in [2.05, 4.69) is 0 Å². The molecule has 3 aromatic carbocycles. The molecule has 152 valence electrons. The smallest absolute Gasteiger partial charge is 0.139 e. The van der Waals surface area contributed by atoms with E-state index in [0.717, 1.165) is 0 Å². The van der Waals surface area contributed by atoms with Gasteiger partial charge in [0.15, 0.2) is 0 Å². The second-order valence-corrected chi connectivity index (χ2v) is 7.70. The van der Waals surface area contributed by atoms with Gasteiger partial charge in [0.25, 0.3) is 0 Å². The van der Waals surface area contributed by atoms with Crippen molar-refractivity contribution in [1.29, 1.82) is 0 Å². The van der Waals surface area contributed by atoms with Gasteiger partial charge in [0.05, 0.1) is 11.5 Å². The molecule has 0 spiro atoms. The third-order valence-corrected chi connectivity index (χ3v) is 5.48. The Morgan fingerprint density at radius 3 is 2.33 bits per heavy atom. The number of allylic oxidation sites excluding steroid dienone is 1. The Morgan fingerprint density at radius 1 is 1.03 bits per heavy atom. The fraction of sp³-hybridized carbons (Fsp3) is 0.0870. The molecule has 1 N–H and O–H groups in total. The van der Waals surface area contributed by atoms with Crippen LogP contribution in [0.25, 0.3) is 11.3 Å². The van der Waals surface area contributed by atoms with Crippen molar-refractivity contribution < 1.29 is 27.8 Å². The minimum atomic E-state index is -2.21. The van der Waals surface area contributed by atoms with Crippen LogP contribution in [0.15, 0.2) is 66.7 Å². The van der Waals surface area contributed by atoms with Crippen molar-refractivity contribution in [3.8, 4) is 11.5 Å². The zero-order valence-corrected chi connectivity index (χ0v) is 16.4. The van der Waals surface area contributed by atoms with E-state index in [0.29, 0.717) is 45.6 Å². The van der Waals surface area contributed by atoms with Gasteiger partial charge in [-0.2, -0.15) is 0 Å². The summed E-state index contributed by atoms with van der Waals surface area (Å²) in [5.74, 6) is -0.706. The summed E-state index contributed by atoms with van der Waals surface area (Å²) < 4.78 is 41.5. The van der Waals surface area contributed by atoms with Crippen LogP contribution in [0, 0.1) is 5.82 Å². The molecule has 4 rings (SSSR count). The van der Waals surface area contributed by atoms with E-state index in [1.807, 2.05) is 0 Å². The summed E-state index contributed by atoms with van der Waals surface area (Å²) in [6.45, 7) is 0. The molecule has 0 bridgehead atoms. The van der Waals surface area contributed by atoms with Gasteiger partial charge in [0, 0.05) is 16.9 Å². The van der Waals surface area contributed by atoms with Crippen molar-refractivity contribution in [2.45, 2.75) is 11.7 Å². The molecule has 0 fully saturated rings. The first-order chi connectivity index (χ1) is 14.5. The van der Waals surface area contributed by atoms with Gasteiger partial charge in [0.2, 0.25) is 0 Å². The molecule has 0 saturated heterocycles. The van der Waals surface area contributed by atoms with Gasteiger partial charge >= 0.3 is 0 Å². The molecular formula is C23H16FO5S-. The Labute approximate surface area is 174 Å². The van der Waals surface area contributed by atoms with Crippen LogP contribution >= 0.6 is 0 Å². The summed E-state index contributed by atoms with van der Waals surface area (Å²) in [4.78, 5) is 12.1. The number of ether oxygens (including phenoxy) is 1. The summed E-state index contributed by atoms with van der Waals surface area (Å²) in [7, 11) is 0. The summed E-state index contributed by atoms with van der Waals surface area (Å²) in [6, 6.07) is 17.1. The number of fused-ring (bicyclic) bond motifs is 1. The molecule has 2 unspecified atom stereocenters. The number of hydrogen-bond acceptors (Lipinski definition) is 5. The van der Waals surface area contributed by atoms with Crippen LogP contribution in [0.4, 0.5) is 4.39 Å². The first-order valence-corrected chi connectivity index (χ1v) is 10.3. The van der Waals surface area contributed by atoms with Crippen molar-refractivity contribution >= 4 is 28.7 Å². The highest BCUT2D eigenvalue weighted by molar-refractivity contribution is 7.78. The zero-order chi connectivity index (χ0) is 21.3. The Bertz CT molecular complexity index is 1150. The van der Waals surface area contributed by atoms with Gasteiger partial charge in [-0.1, -0.05) is 53.5 Å². The molecule has 0 aromatic heterocycles. The van der Waals surface area contributed by atoms with Crippen LogP contribution in [0.3, 0.4) is 0 Å². The molecule has 0 amide bonds. The van der Waals surface area contributed by atoms with E-state index in [1.54, 1.807) is 48.5 Å². The highest BCUT2D eigenvalue weighted by atomic mass is 32.2. The van der Waals surface area contributed by atoms with Crippen molar-refractivity contribution in [1.82, 2.24) is 0 Å². The van der Waals surface area contributed by atoms with Crippen LogP contribution in [0.5, 0.6) is 11.5 Å². The van der Waals surface area contributed by atoms with Gasteiger partial charge in [-0.3, -0.25) is 4.21 Å². The van der Waals surface area contributed by atoms with E-state index >= 15 is 0 Å². The number of phenols is 1.